The lowest BCUT2D eigenvalue weighted by Gasteiger charge is -2.30. The molecule has 2 heterocycles. The fourth-order valence-corrected chi connectivity index (χ4v) is 10.7. The molecule has 0 saturated heterocycles. The van der Waals surface area contributed by atoms with Crippen LogP contribution in [0.15, 0.2) is 12.1 Å². The zero-order chi connectivity index (χ0) is 63.5. The molecule has 2 aromatic heterocycles. The smallest absolute Gasteiger partial charge is 0.325 e. The summed E-state index contributed by atoms with van der Waals surface area (Å²) in [7, 11) is 0. The average Bonchev–Trinajstić information content (AvgIpc) is 1.08. The summed E-state index contributed by atoms with van der Waals surface area (Å²) in [5, 5.41) is 11.6. The Morgan fingerprint density at radius 2 is 0.727 bits per heavy atom. The van der Waals surface area contributed by atoms with Crippen molar-refractivity contribution in [2.75, 3.05) is 171 Å². The van der Waals surface area contributed by atoms with Gasteiger partial charge in [0.05, 0.1) is 119 Å². The van der Waals surface area contributed by atoms with Crippen molar-refractivity contribution in [1.82, 2.24) is 29.9 Å². The number of thiol groups is 2. The van der Waals surface area contributed by atoms with Crippen LogP contribution in [0.5, 0.6) is 41.8 Å². The summed E-state index contributed by atoms with van der Waals surface area (Å²) in [6.45, 7) is 30.2. The van der Waals surface area contributed by atoms with E-state index in [0.717, 1.165) is 134 Å². The van der Waals surface area contributed by atoms with E-state index in [1.807, 2.05) is 35.3 Å². The van der Waals surface area contributed by atoms with Crippen molar-refractivity contribution in [1.29, 1.82) is 0 Å². The zero-order valence-electron chi connectivity index (χ0n) is 54.5. The molecule has 1 aromatic carbocycles. The van der Waals surface area contributed by atoms with Crippen LogP contribution in [-0.2, 0) is 39.3 Å². The molecule has 3 aromatic rings. The molecule has 0 aliphatic carbocycles. The molecule has 0 aliphatic heterocycles. The van der Waals surface area contributed by atoms with E-state index in [2.05, 4.69) is 136 Å². The molecule has 19 nitrogen and oxygen atoms in total. The molecule has 25 heteroatoms. The quantitative estimate of drug-likeness (QED) is 0.0354. The molecule has 1 atom stereocenters. The lowest BCUT2D eigenvalue weighted by atomic mass is 9.78. The Morgan fingerprint density at radius 3 is 1.06 bits per heavy atom. The van der Waals surface area contributed by atoms with E-state index in [9.17, 15) is 5.11 Å². The first kappa shape index (κ1) is 83.7. The van der Waals surface area contributed by atoms with E-state index >= 15 is 0 Å². The molecule has 1 N–H and O–H groups in total. The summed E-state index contributed by atoms with van der Waals surface area (Å²) in [5.74, 6) is 7.53. The molecule has 0 amide bonds. The SMILES string of the molecule is C.CCCCOc1nc(OCCCC)nc(OCCCCC(SCCOCCOCCSC)c2cc(C(C)(C)C)c(O)c(C(C)(C)C)c2)n1.CCCCOc1nc(OCCCSCCOCCOCCS)nc(OCCCSCCOCCOCCS)n1. The fourth-order valence-electron chi connectivity index (χ4n) is 7.45. The van der Waals surface area contributed by atoms with Gasteiger partial charge in [0.15, 0.2) is 0 Å². The first-order valence-electron chi connectivity index (χ1n) is 31.3. The number of benzene rings is 1. The van der Waals surface area contributed by atoms with Crippen LogP contribution in [0.2, 0.25) is 0 Å². The Balaban J connectivity index is 0.000000889. The first-order valence-corrected chi connectivity index (χ1v) is 37.3. The number of ether oxygens (including phenoxy) is 12. The number of aromatic nitrogens is 6. The van der Waals surface area contributed by atoms with E-state index in [4.69, 9.17) is 56.8 Å². The van der Waals surface area contributed by atoms with Gasteiger partial charge in [-0.3, -0.25) is 0 Å². The monoisotopic (exact) mass is 1350 g/mol. The minimum absolute atomic E-state index is 0. The van der Waals surface area contributed by atoms with Crippen molar-refractivity contribution in [3.63, 3.8) is 0 Å². The highest BCUT2D eigenvalue weighted by molar-refractivity contribution is 7.99. The average molecular weight is 1360 g/mol. The van der Waals surface area contributed by atoms with Crippen LogP contribution >= 0.6 is 72.3 Å². The number of hydrogen-bond donors (Lipinski definition) is 3. The van der Waals surface area contributed by atoms with Crippen LogP contribution < -0.4 is 28.4 Å². The third-order valence-electron chi connectivity index (χ3n) is 12.2. The predicted octanol–water partition coefficient (Wildman–Crippen LogP) is 13.6. The zero-order valence-corrected chi connectivity index (χ0v) is 59.5. The van der Waals surface area contributed by atoms with Gasteiger partial charge < -0.3 is 61.9 Å². The summed E-state index contributed by atoms with van der Waals surface area (Å²) in [5.41, 5.74) is 2.84. The molecule has 1 unspecified atom stereocenters. The van der Waals surface area contributed by atoms with Gasteiger partial charge in [0.25, 0.3) is 0 Å². The summed E-state index contributed by atoms with van der Waals surface area (Å²) in [6, 6.07) is 5.82. The van der Waals surface area contributed by atoms with E-state index in [1.165, 1.54) is 5.56 Å². The van der Waals surface area contributed by atoms with Crippen molar-refractivity contribution in [2.45, 2.75) is 156 Å². The number of thioether (sulfide) groups is 4. The minimum atomic E-state index is -0.189. The van der Waals surface area contributed by atoms with Gasteiger partial charge in [-0.05, 0) is 96.6 Å². The van der Waals surface area contributed by atoms with Crippen LogP contribution in [0.25, 0.3) is 0 Å². The Hall–Kier alpha value is -2.30. The number of unbranched alkanes of at least 4 members (excludes halogenated alkanes) is 4. The van der Waals surface area contributed by atoms with Gasteiger partial charge in [0, 0.05) is 39.8 Å². The molecule has 0 radical (unpaired) electrons. The second-order valence-electron chi connectivity index (χ2n) is 21.9. The molecule has 3 rings (SSSR count). The van der Waals surface area contributed by atoms with Crippen LogP contribution in [0.4, 0.5) is 0 Å². The van der Waals surface area contributed by atoms with Gasteiger partial charge in [-0.25, -0.2) is 0 Å². The van der Waals surface area contributed by atoms with E-state index in [-0.39, 0.29) is 59.6 Å². The standard InChI is InChI=1S/C37H63N3O6S2.C25H47N3O7S4.CH4/c1-10-12-17-44-33-38-34(45-18-13-11-2)40-35(39-33)46-19-15-14-16-31(48-25-23-43-21-20-42-22-24-47-9)28-26-29(36(3,4)5)32(41)30(27-28)37(6,7)8;1-2-3-6-33-23-26-24(34-7-4-19-38-21-15-31-11-9-29-13-17-36)28-25(27-23)35-8-5-20-39-22-16-32-12-10-30-14-18-37;/h26-27,31,41H,10-25H2,1-9H3;36-37H,2-22H2,1H3;1H4. The van der Waals surface area contributed by atoms with Crippen molar-refractivity contribution in [3.8, 4) is 41.8 Å². The largest absolute Gasteiger partial charge is 0.507 e. The third-order valence-corrected chi connectivity index (χ3v) is 16.5. The lowest BCUT2D eigenvalue weighted by Crippen LogP contribution is -2.18. The van der Waals surface area contributed by atoms with Gasteiger partial charge in [0.2, 0.25) is 0 Å². The summed E-state index contributed by atoms with van der Waals surface area (Å²) in [6.07, 6.45) is 12.4. The van der Waals surface area contributed by atoms with Gasteiger partial charge in [-0.1, -0.05) is 101 Å². The molecule has 0 fully saturated rings. The number of rotatable bonds is 55. The molecular weight excluding hydrogens is 1240 g/mol. The Bertz CT molecular complexity index is 2020. The van der Waals surface area contributed by atoms with Crippen molar-refractivity contribution < 1.29 is 61.9 Å². The topological polar surface area (TPSA) is 208 Å². The maximum absolute atomic E-state index is 11.3. The number of phenols is 1. The second kappa shape index (κ2) is 55.2. The minimum Gasteiger partial charge on any atom is -0.507 e. The predicted molar refractivity (Wildman–Crippen MR) is 374 cm³/mol. The molecule has 0 saturated carbocycles. The van der Waals surface area contributed by atoms with Gasteiger partial charge in [-0.2, -0.15) is 72.3 Å². The lowest BCUT2D eigenvalue weighted by molar-refractivity contribution is 0.0605. The highest BCUT2D eigenvalue weighted by atomic mass is 32.2. The third kappa shape index (κ3) is 42.8. The maximum atomic E-state index is 11.3. The van der Waals surface area contributed by atoms with E-state index in [1.54, 1.807) is 11.8 Å². The number of aromatic hydroxyl groups is 1. The molecule has 88 heavy (non-hydrogen) atoms. The van der Waals surface area contributed by atoms with Gasteiger partial charge in [0.1, 0.15) is 5.75 Å². The molecule has 0 bridgehead atoms. The molecular formula is C63H114N6O13S6. The Morgan fingerprint density at radius 1 is 0.409 bits per heavy atom. The number of phenolic OH excluding ortho intramolecular Hbond substituents is 1. The highest BCUT2D eigenvalue weighted by Gasteiger charge is 2.28. The summed E-state index contributed by atoms with van der Waals surface area (Å²) in [4.78, 5) is 25.9. The van der Waals surface area contributed by atoms with Gasteiger partial charge in [-0.15, -0.1) is 29.9 Å². The summed E-state index contributed by atoms with van der Waals surface area (Å²) < 4.78 is 67.9. The van der Waals surface area contributed by atoms with Crippen LogP contribution in [0.1, 0.15) is 162 Å². The van der Waals surface area contributed by atoms with Crippen molar-refractivity contribution in [3.05, 3.63) is 28.8 Å². The van der Waals surface area contributed by atoms with Crippen LogP contribution in [0.3, 0.4) is 0 Å². The Labute approximate surface area is 558 Å². The fraction of sp³-hybridized carbons (Fsp3) is 0.810. The van der Waals surface area contributed by atoms with Crippen LogP contribution in [-0.4, -0.2) is 206 Å². The van der Waals surface area contributed by atoms with Crippen LogP contribution in [0, 0.1) is 0 Å². The normalized spacial score (nSPS) is 11.9. The molecule has 0 aliphatic rings. The first-order chi connectivity index (χ1) is 42.2. The summed E-state index contributed by atoms with van der Waals surface area (Å²) >= 11 is 15.5. The van der Waals surface area contributed by atoms with E-state index < -0.39 is 0 Å². The number of nitrogens with zero attached hydrogens (tertiary/aromatic N) is 6. The maximum Gasteiger partial charge on any atom is 0.325 e. The van der Waals surface area contributed by atoms with Crippen molar-refractivity contribution in [2.24, 2.45) is 0 Å². The number of hydrogen-bond acceptors (Lipinski definition) is 25. The molecule has 510 valence electrons. The highest BCUT2D eigenvalue weighted by Crippen LogP contribution is 2.44. The van der Waals surface area contributed by atoms with Crippen molar-refractivity contribution >= 4 is 72.3 Å². The second-order valence-corrected chi connectivity index (χ2v) is 27.5. The van der Waals surface area contributed by atoms with Gasteiger partial charge >= 0.3 is 36.1 Å². The Kier molecular flexibility index (Phi) is 52.5. The molecule has 0 spiro atoms. The van der Waals surface area contributed by atoms with E-state index in [0.29, 0.717) is 118 Å².